The Bertz CT molecular complexity index is 686. The number of rotatable bonds is 5. The number of nitrogens with two attached hydrogens (primary N) is 1. The van der Waals surface area contributed by atoms with Crippen LogP contribution in [-0.4, -0.2) is 33.2 Å². The number of benzene rings is 1. The SMILES string of the molecule is Cc1cc(C)cc(NC(N)=NCC2CCCCC2NS(C)(=O)=O)c1.I. The third kappa shape index (κ3) is 7.91. The maximum Gasteiger partial charge on any atom is 0.208 e. The van der Waals surface area contributed by atoms with Crippen LogP contribution in [0.1, 0.15) is 36.8 Å². The number of aliphatic imine (C=N–C) groups is 1. The van der Waals surface area contributed by atoms with Crippen molar-refractivity contribution in [2.45, 2.75) is 45.6 Å². The lowest BCUT2D eigenvalue weighted by Gasteiger charge is -2.30. The van der Waals surface area contributed by atoms with Crippen LogP contribution in [0, 0.1) is 19.8 Å². The molecule has 0 heterocycles. The summed E-state index contributed by atoms with van der Waals surface area (Å²) in [4.78, 5) is 4.43. The quantitative estimate of drug-likeness (QED) is 0.343. The molecule has 0 spiro atoms. The predicted molar refractivity (Wildman–Crippen MR) is 115 cm³/mol. The van der Waals surface area contributed by atoms with Gasteiger partial charge in [0.2, 0.25) is 10.0 Å². The first-order valence-corrected chi connectivity index (χ1v) is 10.2. The maximum absolute atomic E-state index is 11.5. The minimum atomic E-state index is -3.20. The highest BCUT2D eigenvalue weighted by atomic mass is 127. The lowest BCUT2D eigenvalue weighted by molar-refractivity contribution is 0.297. The third-order valence-electron chi connectivity index (χ3n) is 4.26. The van der Waals surface area contributed by atoms with Gasteiger partial charge < -0.3 is 11.1 Å². The van der Waals surface area contributed by atoms with E-state index < -0.39 is 10.0 Å². The Labute approximate surface area is 168 Å². The molecule has 0 radical (unpaired) electrons. The summed E-state index contributed by atoms with van der Waals surface area (Å²) in [6.45, 7) is 4.60. The van der Waals surface area contributed by atoms with Gasteiger partial charge in [-0.2, -0.15) is 0 Å². The molecule has 142 valence electrons. The fraction of sp³-hybridized carbons (Fsp3) is 0.588. The van der Waals surface area contributed by atoms with E-state index in [4.69, 9.17) is 5.73 Å². The summed E-state index contributed by atoms with van der Waals surface area (Å²) < 4.78 is 25.7. The Morgan fingerprint density at radius 2 is 1.80 bits per heavy atom. The summed E-state index contributed by atoms with van der Waals surface area (Å²) in [7, 11) is -3.20. The topological polar surface area (TPSA) is 96.6 Å². The molecule has 1 aliphatic rings. The lowest BCUT2D eigenvalue weighted by Crippen LogP contribution is -2.43. The number of sulfonamides is 1. The van der Waals surface area contributed by atoms with E-state index in [-0.39, 0.29) is 35.9 Å². The number of guanidine groups is 1. The van der Waals surface area contributed by atoms with Gasteiger partial charge in [0, 0.05) is 18.3 Å². The van der Waals surface area contributed by atoms with Gasteiger partial charge in [0.25, 0.3) is 0 Å². The second-order valence-electron chi connectivity index (χ2n) is 6.77. The fourth-order valence-corrected chi connectivity index (χ4v) is 4.17. The molecule has 1 fully saturated rings. The molecule has 0 saturated heterocycles. The van der Waals surface area contributed by atoms with Gasteiger partial charge in [-0.25, -0.2) is 13.1 Å². The van der Waals surface area contributed by atoms with E-state index in [1.807, 2.05) is 26.0 Å². The van der Waals surface area contributed by atoms with Crippen molar-refractivity contribution < 1.29 is 8.42 Å². The number of nitrogens with zero attached hydrogens (tertiary/aromatic N) is 1. The highest BCUT2D eigenvalue weighted by Crippen LogP contribution is 2.25. The van der Waals surface area contributed by atoms with Crippen LogP contribution in [0.5, 0.6) is 0 Å². The summed E-state index contributed by atoms with van der Waals surface area (Å²) in [6, 6.07) is 6.09. The minimum absolute atomic E-state index is 0. The van der Waals surface area contributed by atoms with Crippen LogP contribution < -0.4 is 15.8 Å². The highest BCUT2D eigenvalue weighted by Gasteiger charge is 2.27. The Kier molecular flexibility index (Phi) is 8.62. The largest absolute Gasteiger partial charge is 0.370 e. The second-order valence-corrected chi connectivity index (χ2v) is 8.55. The number of anilines is 1. The summed E-state index contributed by atoms with van der Waals surface area (Å²) in [5.74, 6) is 0.553. The van der Waals surface area contributed by atoms with Crippen molar-refractivity contribution in [1.82, 2.24) is 4.72 Å². The average molecular weight is 480 g/mol. The van der Waals surface area contributed by atoms with Crippen molar-refractivity contribution in [3.63, 3.8) is 0 Å². The first-order chi connectivity index (χ1) is 11.2. The van der Waals surface area contributed by atoms with Gasteiger partial charge in [-0.15, -0.1) is 24.0 Å². The van der Waals surface area contributed by atoms with Crippen LogP contribution in [0.25, 0.3) is 0 Å². The minimum Gasteiger partial charge on any atom is -0.370 e. The molecule has 2 atom stereocenters. The number of halogens is 1. The van der Waals surface area contributed by atoms with Gasteiger partial charge in [0.15, 0.2) is 5.96 Å². The van der Waals surface area contributed by atoms with Crippen LogP contribution in [0.4, 0.5) is 5.69 Å². The number of hydrogen-bond acceptors (Lipinski definition) is 3. The van der Waals surface area contributed by atoms with Gasteiger partial charge in [-0.05, 0) is 55.9 Å². The molecule has 0 aromatic heterocycles. The van der Waals surface area contributed by atoms with Gasteiger partial charge >= 0.3 is 0 Å². The fourth-order valence-electron chi connectivity index (χ4n) is 3.31. The molecule has 1 aromatic rings. The van der Waals surface area contributed by atoms with Crippen molar-refractivity contribution in [1.29, 1.82) is 0 Å². The Hall–Kier alpha value is -0.870. The molecule has 0 amide bonds. The molecule has 2 rings (SSSR count). The van der Waals surface area contributed by atoms with Crippen molar-refractivity contribution >= 4 is 45.6 Å². The van der Waals surface area contributed by atoms with Crippen molar-refractivity contribution in [2.24, 2.45) is 16.6 Å². The molecular formula is C17H29IN4O2S. The van der Waals surface area contributed by atoms with E-state index in [2.05, 4.69) is 21.1 Å². The van der Waals surface area contributed by atoms with E-state index >= 15 is 0 Å². The smallest absolute Gasteiger partial charge is 0.208 e. The molecule has 2 unspecified atom stereocenters. The molecule has 1 aromatic carbocycles. The van der Waals surface area contributed by atoms with Crippen LogP contribution in [0.15, 0.2) is 23.2 Å². The zero-order chi connectivity index (χ0) is 17.7. The molecule has 0 aliphatic heterocycles. The Morgan fingerprint density at radius 3 is 2.40 bits per heavy atom. The molecule has 1 aliphatic carbocycles. The Balaban J connectivity index is 0.00000312. The maximum atomic E-state index is 11.5. The van der Waals surface area contributed by atoms with Crippen LogP contribution in [-0.2, 0) is 10.0 Å². The summed E-state index contributed by atoms with van der Waals surface area (Å²) >= 11 is 0. The Morgan fingerprint density at radius 1 is 1.20 bits per heavy atom. The van der Waals surface area contributed by atoms with E-state index in [1.54, 1.807) is 0 Å². The van der Waals surface area contributed by atoms with Gasteiger partial charge in [0.05, 0.1) is 6.26 Å². The first kappa shape index (κ1) is 22.2. The van der Waals surface area contributed by atoms with Crippen molar-refractivity contribution in [3.05, 3.63) is 29.3 Å². The molecule has 6 nitrogen and oxygen atoms in total. The molecule has 1 saturated carbocycles. The zero-order valence-corrected chi connectivity index (χ0v) is 18.2. The summed E-state index contributed by atoms with van der Waals surface area (Å²) in [5.41, 5.74) is 9.24. The summed E-state index contributed by atoms with van der Waals surface area (Å²) in [6.07, 6.45) is 5.18. The standard InChI is InChI=1S/C17H28N4O2S.HI/c1-12-8-13(2)10-15(9-12)20-17(18)19-11-14-6-4-5-7-16(14)21-24(3,22)23;/h8-10,14,16,21H,4-7,11H2,1-3H3,(H3,18,19,20);1H. The normalized spacial score (nSPS) is 21.5. The second kappa shape index (κ2) is 9.72. The van der Waals surface area contributed by atoms with E-state index in [0.717, 1.165) is 42.5 Å². The van der Waals surface area contributed by atoms with Crippen LogP contribution >= 0.6 is 24.0 Å². The first-order valence-electron chi connectivity index (χ1n) is 8.35. The van der Waals surface area contributed by atoms with E-state index in [1.165, 1.54) is 6.26 Å². The zero-order valence-electron chi connectivity index (χ0n) is 15.1. The molecular weight excluding hydrogens is 451 g/mol. The van der Waals surface area contributed by atoms with Crippen LogP contribution in [0.2, 0.25) is 0 Å². The number of nitrogens with one attached hydrogen (secondary N) is 2. The van der Waals surface area contributed by atoms with E-state index in [0.29, 0.717) is 12.5 Å². The lowest BCUT2D eigenvalue weighted by atomic mass is 9.85. The number of aryl methyl sites for hydroxylation is 2. The van der Waals surface area contributed by atoms with Crippen molar-refractivity contribution in [2.75, 3.05) is 18.1 Å². The number of hydrogen-bond donors (Lipinski definition) is 3. The van der Waals surface area contributed by atoms with Crippen molar-refractivity contribution in [3.8, 4) is 0 Å². The average Bonchev–Trinajstić information content (AvgIpc) is 2.43. The molecule has 8 heteroatoms. The molecule has 4 N–H and O–H groups in total. The summed E-state index contributed by atoms with van der Waals surface area (Å²) in [5, 5.41) is 3.12. The molecule has 0 bridgehead atoms. The van der Waals surface area contributed by atoms with Crippen LogP contribution in [0.3, 0.4) is 0 Å². The highest BCUT2D eigenvalue weighted by molar-refractivity contribution is 14.0. The van der Waals surface area contributed by atoms with Gasteiger partial charge in [-0.3, -0.25) is 4.99 Å². The van der Waals surface area contributed by atoms with Gasteiger partial charge in [0.1, 0.15) is 0 Å². The molecule has 25 heavy (non-hydrogen) atoms. The van der Waals surface area contributed by atoms with Gasteiger partial charge in [-0.1, -0.05) is 18.9 Å². The third-order valence-corrected chi connectivity index (χ3v) is 5.00. The van der Waals surface area contributed by atoms with E-state index in [9.17, 15) is 8.42 Å². The predicted octanol–water partition coefficient (Wildman–Crippen LogP) is 2.76. The monoisotopic (exact) mass is 480 g/mol.